The largest absolute Gasteiger partial charge is 0.330 e. The molecule has 0 bridgehead atoms. The number of benzene rings is 1. The molecule has 0 radical (unpaired) electrons. The molecule has 0 N–H and O–H groups in total. The van der Waals surface area contributed by atoms with Crippen LogP contribution >= 0.6 is 37.8 Å². The molecule has 1 aromatic rings. The summed E-state index contributed by atoms with van der Waals surface area (Å²) in [6.45, 7) is 6.80. The van der Waals surface area contributed by atoms with Gasteiger partial charge in [0.2, 0.25) is 0 Å². The van der Waals surface area contributed by atoms with Crippen molar-refractivity contribution < 1.29 is 0 Å². The average molecular weight is 311 g/mol. The quantitative estimate of drug-likeness (QED) is 0.577. The molecule has 1 rings (SSSR count). The van der Waals surface area contributed by atoms with E-state index in [1.165, 1.54) is 11.2 Å². The monoisotopic (exact) mass is 309 g/mol. The summed E-state index contributed by atoms with van der Waals surface area (Å²) in [7, 11) is 4.49. The molecule has 0 atom stereocenters. The van der Waals surface area contributed by atoms with Crippen LogP contribution in [0.2, 0.25) is 19.6 Å². The van der Waals surface area contributed by atoms with Crippen molar-refractivity contribution in [2.75, 3.05) is 3.97 Å². The van der Waals surface area contributed by atoms with Crippen LogP contribution in [0.3, 0.4) is 0 Å². The highest BCUT2D eigenvalue weighted by molar-refractivity contribution is 9.10. The van der Waals surface area contributed by atoms with Crippen molar-refractivity contribution in [1.82, 2.24) is 0 Å². The fourth-order valence-corrected chi connectivity index (χ4v) is 5.93. The van der Waals surface area contributed by atoms with Gasteiger partial charge in [-0.1, -0.05) is 31.8 Å². The summed E-state index contributed by atoms with van der Waals surface area (Å²) >= 11 is 4.82. The summed E-state index contributed by atoms with van der Waals surface area (Å²) in [5.41, 5.74) is 1.16. The lowest BCUT2D eigenvalue weighted by Gasteiger charge is -2.32. The second-order valence-corrected chi connectivity index (χ2v) is 10.9. The highest BCUT2D eigenvalue weighted by Crippen LogP contribution is 2.36. The molecular formula is C9H13BrClNSSi. The lowest BCUT2D eigenvalue weighted by atomic mass is 10.3. The molecule has 5 heteroatoms. The Kier molecular flexibility index (Phi) is 4.37. The number of para-hydroxylation sites is 1. The summed E-state index contributed by atoms with van der Waals surface area (Å²) in [6.07, 6.45) is 0. The first-order valence-corrected chi connectivity index (χ1v) is 10.1. The fraction of sp³-hybridized carbons (Fsp3) is 0.333. The predicted molar refractivity (Wildman–Crippen MR) is 73.4 cm³/mol. The second-order valence-electron chi connectivity index (χ2n) is 3.99. The van der Waals surface area contributed by atoms with Gasteiger partial charge in [0, 0.05) is 4.47 Å². The molecular weight excluding hydrogens is 298 g/mol. The predicted octanol–water partition coefficient (Wildman–Crippen LogP) is 4.89. The molecule has 0 fully saturated rings. The maximum absolute atomic E-state index is 5.92. The molecule has 0 heterocycles. The van der Waals surface area contributed by atoms with Crippen molar-refractivity contribution in [2.45, 2.75) is 19.6 Å². The minimum Gasteiger partial charge on any atom is -0.330 e. The Hall–Kier alpha value is 0.357. The molecule has 14 heavy (non-hydrogen) atoms. The van der Waals surface area contributed by atoms with Crippen LogP contribution in [0.1, 0.15) is 0 Å². The van der Waals surface area contributed by atoms with Gasteiger partial charge >= 0.3 is 0 Å². The number of hydrogen-bond acceptors (Lipinski definition) is 2. The number of halogens is 2. The molecule has 78 valence electrons. The number of rotatable bonds is 3. The van der Waals surface area contributed by atoms with E-state index in [1.807, 2.05) is 18.2 Å². The zero-order chi connectivity index (χ0) is 10.8. The van der Waals surface area contributed by atoms with Crippen molar-refractivity contribution in [2.24, 2.45) is 0 Å². The topological polar surface area (TPSA) is 3.24 Å². The van der Waals surface area contributed by atoms with Gasteiger partial charge in [-0.15, -0.1) is 0 Å². The van der Waals surface area contributed by atoms with Crippen LogP contribution in [0.25, 0.3) is 0 Å². The lowest BCUT2D eigenvalue weighted by Crippen LogP contribution is -2.40. The van der Waals surface area contributed by atoms with Crippen LogP contribution < -0.4 is 3.97 Å². The Labute approximate surface area is 104 Å². The van der Waals surface area contributed by atoms with Gasteiger partial charge in [-0.3, -0.25) is 0 Å². The van der Waals surface area contributed by atoms with Gasteiger partial charge in [0.25, 0.3) is 0 Å². The molecule has 1 aromatic carbocycles. The van der Waals surface area contributed by atoms with E-state index in [4.69, 9.17) is 10.7 Å². The molecule has 0 aromatic heterocycles. The van der Waals surface area contributed by atoms with Crippen LogP contribution in [-0.2, 0) is 0 Å². The molecule has 0 saturated carbocycles. The van der Waals surface area contributed by atoms with Gasteiger partial charge in [-0.2, -0.15) is 0 Å². The van der Waals surface area contributed by atoms with Gasteiger partial charge < -0.3 is 3.97 Å². The summed E-state index contributed by atoms with van der Waals surface area (Å²) < 4.78 is 3.30. The summed E-state index contributed by atoms with van der Waals surface area (Å²) in [5.74, 6) is 0. The first-order chi connectivity index (χ1) is 6.46. The molecule has 1 nitrogen and oxygen atoms in total. The zero-order valence-electron chi connectivity index (χ0n) is 8.42. The minimum absolute atomic E-state index is 1.09. The van der Waals surface area contributed by atoms with Crippen LogP contribution in [0.4, 0.5) is 5.69 Å². The fourth-order valence-electron chi connectivity index (χ4n) is 1.12. The van der Waals surface area contributed by atoms with Crippen molar-refractivity contribution in [1.29, 1.82) is 0 Å². The third kappa shape index (κ3) is 2.92. The SMILES string of the molecule is C[Si](C)(C)N(SCl)c1ccccc1Br. The third-order valence-corrected chi connectivity index (χ3v) is 6.89. The Morgan fingerprint density at radius 2 is 1.86 bits per heavy atom. The minimum atomic E-state index is -1.42. The molecule has 0 aliphatic carbocycles. The van der Waals surface area contributed by atoms with Gasteiger partial charge in [0.05, 0.1) is 16.8 Å². The van der Waals surface area contributed by atoms with Crippen molar-refractivity contribution in [3.05, 3.63) is 28.7 Å². The molecule has 0 aliphatic rings. The number of nitrogens with zero attached hydrogens (tertiary/aromatic N) is 1. The third-order valence-electron chi connectivity index (χ3n) is 1.75. The highest BCUT2D eigenvalue weighted by atomic mass is 79.9. The first-order valence-electron chi connectivity index (χ1n) is 4.30. The van der Waals surface area contributed by atoms with E-state index in [1.54, 1.807) is 0 Å². The van der Waals surface area contributed by atoms with Crippen LogP contribution in [0, 0.1) is 0 Å². The van der Waals surface area contributed by atoms with Crippen LogP contribution in [0.15, 0.2) is 28.7 Å². The van der Waals surface area contributed by atoms with E-state index in [0.717, 1.165) is 10.2 Å². The van der Waals surface area contributed by atoms with Crippen molar-refractivity contribution in [3.63, 3.8) is 0 Å². The van der Waals surface area contributed by atoms with Gasteiger partial charge in [0.15, 0.2) is 8.24 Å². The Balaban J connectivity index is 3.08. The Morgan fingerprint density at radius 3 is 2.29 bits per heavy atom. The molecule has 0 aliphatic heterocycles. The van der Waals surface area contributed by atoms with E-state index >= 15 is 0 Å². The number of anilines is 1. The van der Waals surface area contributed by atoms with E-state index in [-0.39, 0.29) is 0 Å². The number of hydrogen-bond donors (Lipinski definition) is 0. The summed E-state index contributed by atoms with van der Waals surface area (Å²) in [4.78, 5) is 0. The standard InChI is InChI=1S/C9H13BrClNSSi/c1-14(2,3)12(13-11)9-7-5-4-6-8(9)10/h4-7H,1-3H3. The molecule has 0 spiro atoms. The van der Waals surface area contributed by atoms with Gasteiger partial charge in [0.1, 0.15) is 0 Å². The van der Waals surface area contributed by atoms with Crippen LogP contribution in [0.5, 0.6) is 0 Å². The van der Waals surface area contributed by atoms with E-state index in [0.29, 0.717) is 0 Å². The maximum atomic E-state index is 5.92. The maximum Gasteiger partial charge on any atom is 0.162 e. The lowest BCUT2D eigenvalue weighted by molar-refractivity contribution is 1.45. The van der Waals surface area contributed by atoms with E-state index in [9.17, 15) is 0 Å². The Bertz CT molecular complexity index is 316. The molecule has 0 amide bonds. The summed E-state index contributed by atoms with van der Waals surface area (Å²) in [5, 5.41) is 0. The smallest absolute Gasteiger partial charge is 0.162 e. The summed E-state index contributed by atoms with van der Waals surface area (Å²) in [6, 6.07) is 8.16. The van der Waals surface area contributed by atoms with Crippen molar-refractivity contribution >= 4 is 51.7 Å². The van der Waals surface area contributed by atoms with Gasteiger partial charge in [-0.25, -0.2) is 0 Å². The molecule has 0 unspecified atom stereocenters. The Morgan fingerprint density at radius 1 is 1.29 bits per heavy atom. The molecule has 0 saturated heterocycles. The average Bonchev–Trinajstić information content (AvgIpc) is 2.07. The normalized spacial score (nSPS) is 11.5. The first kappa shape index (κ1) is 12.4. The highest BCUT2D eigenvalue weighted by Gasteiger charge is 2.26. The van der Waals surface area contributed by atoms with Crippen LogP contribution in [-0.4, -0.2) is 8.24 Å². The van der Waals surface area contributed by atoms with Gasteiger partial charge in [-0.05, 0) is 38.7 Å². The zero-order valence-corrected chi connectivity index (χ0v) is 12.6. The van der Waals surface area contributed by atoms with Crippen molar-refractivity contribution in [3.8, 4) is 0 Å². The van der Waals surface area contributed by atoms with E-state index in [2.05, 4.69) is 45.6 Å². The second kappa shape index (κ2) is 4.92. The van der Waals surface area contributed by atoms with E-state index < -0.39 is 8.24 Å².